The monoisotopic (exact) mass is 323 g/mol. The molecule has 1 atom stereocenters. The lowest BCUT2D eigenvalue weighted by atomic mass is 9.91. The van der Waals surface area contributed by atoms with E-state index in [1.54, 1.807) is 29.1 Å². The summed E-state index contributed by atoms with van der Waals surface area (Å²) in [4.78, 5) is 0. The molecule has 0 saturated heterocycles. The normalized spacial score (nSPS) is 19.8. The van der Waals surface area contributed by atoms with Crippen LogP contribution in [0.25, 0.3) is 5.57 Å². The highest BCUT2D eigenvalue weighted by Gasteiger charge is 2.27. The van der Waals surface area contributed by atoms with Gasteiger partial charge in [-0.3, -0.25) is 4.68 Å². The zero-order valence-electron chi connectivity index (χ0n) is 11.3. The van der Waals surface area contributed by atoms with Gasteiger partial charge in [0.25, 0.3) is 0 Å². The van der Waals surface area contributed by atoms with Gasteiger partial charge in [-0.15, -0.1) is 0 Å². The number of aromatic nitrogens is 2. The lowest BCUT2D eigenvalue weighted by Gasteiger charge is -2.21. The van der Waals surface area contributed by atoms with Crippen LogP contribution in [0.15, 0.2) is 30.5 Å². The van der Waals surface area contributed by atoms with Gasteiger partial charge in [0.15, 0.2) is 0 Å². The van der Waals surface area contributed by atoms with Gasteiger partial charge in [0.05, 0.1) is 18.4 Å². The van der Waals surface area contributed by atoms with Gasteiger partial charge in [0.2, 0.25) is 0 Å². The topological polar surface area (TPSA) is 17.8 Å². The third kappa shape index (κ3) is 2.72. The molecule has 0 saturated carbocycles. The summed E-state index contributed by atoms with van der Waals surface area (Å²) in [5.41, 5.74) is 3.40. The maximum Gasteiger partial charge on any atom is 0.127 e. The minimum absolute atomic E-state index is 0.482. The maximum absolute atomic E-state index is 14.1. The van der Waals surface area contributed by atoms with E-state index in [2.05, 4.69) is 12.0 Å². The Morgan fingerprint density at radius 2 is 2.24 bits per heavy atom. The van der Waals surface area contributed by atoms with Crippen molar-refractivity contribution in [3.63, 3.8) is 0 Å². The largest absolute Gasteiger partial charge is 0.260 e. The maximum atomic E-state index is 14.1. The molecule has 5 heteroatoms. The number of fused-ring (bicyclic) bond motifs is 1. The van der Waals surface area contributed by atoms with Crippen LogP contribution in [-0.4, -0.2) is 16.0 Å². The number of nitrogens with zero attached hydrogens (tertiary/aromatic N) is 2. The summed E-state index contributed by atoms with van der Waals surface area (Å²) in [5, 5.41) is 5.55. The van der Waals surface area contributed by atoms with Gasteiger partial charge in [0, 0.05) is 15.6 Å². The zero-order chi connectivity index (χ0) is 15.0. The number of alkyl halides is 1. The molecule has 0 aliphatic heterocycles. The molecule has 109 valence electrons. The molecule has 1 aliphatic carbocycles. The van der Waals surface area contributed by atoms with E-state index in [-0.39, 0.29) is 0 Å². The second-order valence-electron chi connectivity index (χ2n) is 5.08. The van der Waals surface area contributed by atoms with Gasteiger partial charge in [-0.1, -0.05) is 35.3 Å². The quantitative estimate of drug-likeness (QED) is 0.780. The predicted molar refractivity (Wildman–Crippen MR) is 84.3 cm³/mol. The van der Waals surface area contributed by atoms with E-state index < -0.39 is 6.17 Å². The SMILES string of the molecule is [CH2]/C=C1\c2c(cnn2Cc2ccc(Cl)cc2Cl)CCC1F. The van der Waals surface area contributed by atoms with Gasteiger partial charge >= 0.3 is 0 Å². The predicted octanol–water partition coefficient (Wildman–Crippen LogP) is 4.74. The summed E-state index contributed by atoms with van der Waals surface area (Å²) in [6, 6.07) is 5.35. The van der Waals surface area contributed by atoms with Crippen molar-refractivity contribution in [1.29, 1.82) is 0 Å². The van der Waals surface area contributed by atoms with Crippen molar-refractivity contribution in [3.05, 3.63) is 64.3 Å². The van der Waals surface area contributed by atoms with Crippen molar-refractivity contribution in [2.75, 3.05) is 0 Å². The first-order valence-corrected chi connectivity index (χ1v) is 7.48. The van der Waals surface area contributed by atoms with Crippen molar-refractivity contribution in [1.82, 2.24) is 9.78 Å². The van der Waals surface area contributed by atoms with E-state index in [9.17, 15) is 4.39 Å². The van der Waals surface area contributed by atoms with Crippen LogP contribution in [0.4, 0.5) is 4.39 Å². The Labute approximate surface area is 133 Å². The van der Waals surface area contributed by atoms with E-state index in [0.29, 0.717) is 35.0 Å². The van der Waals surface area contributed by atoms with Crippen molar-refractivity contribution in [2.45, 2.75) is 25.6 Å². The first-order chi connectivity index (χ1) is 10.1. The number of hydrogen-bond acceptors (Lipinski definition) is 1. The second-order valence-corrected chi connectivity index (χ2v) is 5.92. The Bertz CT molecular complexity index is 706. The van der Waals surface area contributed by atoms with Gasteiger partial charge in [-0.05, 0) is 43.0 Å². The average Bonchev–Trinajstić information content (AvgIpc) is 2.85. The molecular weight excluding hydrogens is 310 g/mol. The molecule has 0 spiro atoms. The molecule has 2 nitrogen and oxygen atoms in total. The lowest BCUT2D eigenvalue weighted by molar-refractivity contribution is 0.380. The molecular formula is C16H14Cl2FN2. The number of benzene rings is 1. The summed E-state index contributed by atoms with van der Waals surface area (Å²) >= 11 is 12.1. The number of halogens is 3. The molecule has 0 N–H and O–H groups in total. The third-order valence-corrected chi connectivity index (χ3v) is 4.34. The van der Waals surface area contributed by atoms with Crippen LogP contribution in [0.2, 0.25) is 10.0 Å². The van der Waals surface area contributed by atoms with Crippen LogP contribution in [0.1, 0.15) is 23.2 Å². The molecule has 0 amide bonds. The molecule has 2 aromatic rings. The van der Waals surface area contributed by atoms with Crippen LogP contribution >= 0.6 is 23.2 Å². The van der Waals surface area contributed by atoms with Crippen molar-refractivity contribution < 1.29 is 4.39 Å². The molecule has 0 fully saturated rings. The summed E-state index contributed by atoms with van der Waals surface area (Å²) < 4.78 is 15.8. The molecule has 21 heavy (non-hydrogen) atoms. The first kappa shape index (κ1) is 14.6. The van der Waals surface area contributed by atoms with Crippen LogP contribution in [0, 0.1) is 6.92 Å². The Morgan fingerprint density at radius 3 is 2.95 bits per heavy atom. The zero-order valence-corrected chi connectivity index (χ0v) is 12.8. The van der Waals surface area contributed by atoms with Crippen molar-refractivity contribution in [3.8, 4) is 0 Å². The van der Waals surface area contributed by atoms with Crippen LogP contribution < -0.4 is 0 Å². The Kier molecular flexibility index (Phi) is 4.05. The number of hydrogen-bond donors (Lipinski definition) is 0. The summed E-state index contributed by atoms with van der Waals surface area (Å²) in [7, 11) is 0. The van der Waals surface area contributed by atoms with E-state index in [1.165, 1.54) is 0 Å². The van der Waals surface area contributed by atoms with Gasteiger partial charge in [0.1, 0.15) is 6.17 Å². The van der Waals surface area contributed by atoms with Crippen molar-refractivity contribution in [2.24, 2.45) is 0 Å². The van der Waals surface area contributed by atoms with Crippen molar-refractivity contribution >= 4 is 28.8 Å². The molecule has 3 rings (SSSR count). The fraction of sp³-hybridized carbons (Fsp3) is 0.250. The molecule has 1 radical (unpaired) electrons. The summed E-state index contributed by atoms with van der Waals surface area (Å²) in [6.07, 6.45) is 3.59. The molecule has 1 aromatic heterocycles. The third-order valence-electron chi connectivity index (χ3n) is 3.75. The molecule has 0 bridgehead atoms. The fourth-order valence-electron chi connectivity index (χ4n) is 2.68. The van der Waals surface area contributed by atoms with Crippen LogP contribution in [-0.2, 0) is 13.0 Å². The van der Waals surface area contributed by atoms with Gasteiger partial charge in [-0.2, -0.15) is 5.10 Å². The minimum Gasteiger partial charge on any atom is -0.260 e. The smallest absolute Gasteiger partial charge is 0.127 e. The molecule has 1 heterocycles. The highest BCUT2D eigenvalue weighted by Crippen LogP contribution is 2.33. The Morgan fingerprint density at radius 1 is 1.43 bits per heavy atom. The number of aryl methyl sites for hydroxylation is 1. The summed E-state index contributed by atoms with van der Waals surface area (Å²) in [6.45, 7) is 4.21. The average molecular weight is 324 g/mol. The van der Waals surface area contributed by atoms with E-state index in [1.807, 2.05) is 6.07 Å². The highest BCUT2D eigenvalue weighted by molar-refractivity contribution is 6.35. The Balaban J connectivity index is 2.00. The molecule has 1 aliphatic rings. The number of allylic oxidation sites excluding steroid dienone is 2. The minimum atomic E-state index is -0.980. The van der Waals surface area contributed by atoms with Gasteiger partial charge < -0.3 is 0 Å². The fourth-order valence-corrected chi connectivity index (χ4v) is 3.15. The summed E-state index contributed by atoms with van der Waals surface area (Å²) in [5.74, 6) is 0. The molecule has 1 aromatic carbocycles. The van der Waals surface area contributed by atoms with E-state index in [0.717, 1.165) is 16.8 Å². The first-order valence-electron chi connectivity index (χ1n) is 6.72. The molecule has 1 unspecified atom stereocenters. The van der Waals surface area contributed by atoms with E-state index in [4.69, 9.17) is 23.2 Å². The standard InChI is InChI=1S/C16H14Cl2FN2/c1-2-13-15(19)6-4-10-8-20-21(16(10)13)9-11-3-5-12(17)7-14(11)18/h2-3,5,7-8,15H,1,4,6,9H2/b13-2-. The highest BCUT2D eigenvalue weighted by atomic mass is 35.5. The Hall–Kier alpha value is -1.32. The number of rotatable bonds is 2. The second kappa shape index (κ2) is 5.82. The lowest BCUT2D eigenvalue weighted by Crippen LogP contribution is -2.17. The van der Waals surface area contributed by atoms with E-state index >= 15 is 0 Å². The van der Waals surface area contributed by atoms with Crippen LogP contribution in [0.5, 0.6) is 0 Å². The van der Waals surface area contributed by atoms with Crippen LogP contribution in [0.3, 0.4) is 0 Å². The van der Waals surface area contributed by atoms with Gasteiger partial charge in [-0.25, -0.2) is 4.39 Å².